The second-order valence-electron chi connectivity index (χ2n) is 9.26. The third kappa shape index (κ3) is 2.76. The van der Waals surface area contributed by atoms with Gasteiger partial charge < -0.3 is 0 Å². The lowest BCUT2D eigenvalue weighted by atomic mass is 9.59. The van der Waals surface area contributed by atoms with Gasteiger partial charge in [-0.3, -0.25) is 4.98 Å². The van der Waals surface area contributed by atoms with Crippen LogP contribution in [0, 0.1) is 17.6 Å². The van der Waals surface area contributed by atoms with Crippen LogP contribution in [0.2, 0.25) is 0 Å². The zero-order chi connectivity index (χ0) is 21.2. The second kappa shape index (κ2) is 6.12. The molecule has 1 aliphatic rings. The Morgan fingerprint density at radius 2 is 1.28 bits per heavy atom. The highest BCUT2D eigenvalue weighted by Gasteiger charge is 2.56. The molecule has 0 saturated carbocycles. The summed E-state index contributed by atoms with van der Waals surface area (Å²) in [5.41, 5.74) is 5.05. The molecule has 1 aliphatic carbocycles. The van der Waals surface area contributed by atoms with Crippen LogP contribution >= 0.6 is 0 Å². The Kier molecular flexibility index (Phi) is 4.12. The first-order valence-electron chi connectivity index (χ1n) is 9.64. The number of rotatable bonds is 2. The molecular formula is C23H24F2N4. The minimum atomic E-state index is -1.15. The van der Waals surface area contributed by atoms with Crippen molar-refractivity contribution in [3.05, 3.63) is 59.8 Å². The molecule has 0 unspecified atom stereocenters. The first kappa shape index (κ1) is 19.6. The van der Waals surface area contributed by atoms with Crippen LogP contribution in [-0.4, -0.2) is 19.9 Å². The Balaban J connectivity index is 1.75. The Morgan fingerprint density at radius 1 is 0.690 bits per heavy atom. The predicted octanol–water partition coefficient (Wildman–Crippen LogP) is 5.47. The fourth-order valence-corrected chi connectivity index (χ4v) is 4.37. The van der Waals surface area contributed by atoms with Gasteiger partial charge >= 0.3 is 12.2 Å². The highest BCUT2D eigenvalue weighted by molar-refractivity contribution is 5.66. The number of halogens is 2. The molecule has 2 heterocycles. The smallest absolute Gasteiger partial charge is 0.255 e. The normalized spacial score (nSPS) is 18.5. The molecule has 0 N–H and O–H groups in total. The largest absolute Gasteiger partial charge is 0.314 e. The zero-order valence-electron chi connectivity index (χ0n) is 17.5. The number of nitrogens with zero attached hydrogens (tertiary/aromatic N) is 4. The number of benzene rings is 1. The summed E-state index contributed by atoms with van der Waals surface area (Å²) >= 11 is 0. The summed E-state index contributed by atoms with van der Waals surface area (Å²) in [6, 6.07) is 10.0. The van der Waals surface area contributed by atoms with Crippen LogP contribution in [0.1, 0.15) is 52.7 Å². The molecule has 0 fully saturated rings. The monoisotopic (exact) mass is 394 g/mol. The SMILES string of the molecule is CC1(C)c2ccc(-c3ccc(-c4nc(F)nc(F)n4)cn3)cc2C(C)(C)C1(C)C. The molecule has 1 aromatic carbocycles. The van der Waals surface area contributed by atoms with E-state index in [1.165, 1.54) is 17.3 Å². The van der Waals surface area contributed by atoms with Crippen molar-refractivity contribution in [2.75, 3.05) is 0 Å². The molecule has 0 saturated heterocycles. The van der Waals surface area contributed by atoms with Gasteiger partial charge in [-0.15, -0.1) is 0 Å². The van der Waals surface area contributed by atoms with Crippen molar-refractivity contribution in [2.24, 2.45) is 5.41 Å². The third-order valence-electron chi connectivity index (χ3n) is 7.39. The van der Waals surface area contributed by atoms with E-state index >= 15 is 0 Å². The van der Waals surface area contributed by atoms with E-state index in [1.54, 1.807) is 6.07 Å². The maximum atomic E-state index is 13.3. The Bertz CT molecular complexity index is 1080. The van der Waals surface area contributed by atoms with Crippen LogP contribution in [0.25, 0.3) is 22.6 Å². The van der Waals surface area contributed by atoms with E-state index in [4.69, 9.17) is 0 Å². The average molecular weight is 394 g/mol. The van der Waals surface area contributed by atoms with Gasteiger partial charge in [-0.05, 0) is 45.6 Å². The average Bonchev–Trinajstić information content (AvgIpc) is 2.76. The van der Waals surface area contributed by atoms with Crippen LogP contribution in [0.15, 0.2) is 36.5 Å². The molecule has 0 amide bonds. The molecule has 0 aliphatic heterocycles. The van der Waals surface area contributed by atoms with Crippen molar-refractivity contribution < 1.29 is 8.78 Å². The summed E-state index contributed by atoms with van der Waals surface area (Å²) in [5.74, 6) is -0.0763. The van der Waals surface area contributed by atoms with Gasteiger partial charge in [0, 0.05) is 17.3 Å². The first-order chi connectivity index (χ1) is 13.4. The summed E-state index contributed by atoms with van der Waals surface area (Å²) in [5, 5.41) is 0. The molecule has 4 nitrogen and oxygen atoms in total. The van der Waals surface area contributed by atoms with Crippen molar-refractivity contribution >= 4 is 0 Å². The lowest BCUT2D eigenvalue weighted by Gasteiger charge is -2.44. The van der Waals surface area contributed by atoms with Crippen LogP contribution in [0.3, 0.4) is 0 Å². The topological polar surface area (TPSA) is 51.6 Å². The van der Waals surface area contributed by atoms with E-state index in [9.17, 15) is 8.78 Å². The standard InChI is InChI=1S/C23H24F2N4/c1-21(2)15-9-7-13(11-16(15)22(3,4)23(21,5)6)17-10-8-14(12-26-17)18-27-19(24)29-20(25)28-18/h7-12H,1-6H3. The first-order valence-corrected chi connectivity index (χ1v) is 9.64. The number of aromatic nitrogens is 4. The molecule has 4 rings (SSSR count). The molecule has 6 heteroatoms. The Labute approximate surface area is 169 Å². The number of fused-ring (bicyclic) bond motifs is 1. The molecule has 0 radical (unpaired) electrons. The minimum absolute atomic E-state index is 0.00170. The molecule has 0 bridgehead atoms. The summed E-state index contributed by atoms with van der Waals surface area (Å²) < 4.78 is 26.5. The predicted molar refractivity (Wildman–Crippen MR) is 108 cm³/mol. The lowest BCUT2D eigenvalue weighted by molar-refractivity contribution is 0.125. The second-order valence-corrected chi connectivity index (χ2v) is 9.26. The van der Waals surface area contributed by atoms with E-state index < -0.39 is 12.2 Å². The maximum absolute atomic E-state index is 13.3. The van der Waals surface area contributed by atoms with Crippen LogP contribution < -0.4 is 0 Å². The van der Waals surface area contributed by atoms with Gasteiger partial charge in [0.05, 0.1) is 5.69 Å². The molecule has 0 spiro atoms. The van der Waals surface area contributed by atoms with Crippen molar-refractivity contribution in [2.45, 2.75) is 52.4 Å². The van der Waals surface area contributed by atoms with Gasteiger partial charge in [0.15, 0.2) is 5.82 Å². The van der Waals surface area contributed by atoms with Crippen molar-refractivity contribution in [3.63, 3.8) is 0 Å². The van der Waals surface area contributed by atoms with Gasteiger partial charge in [-0.25, -0.2) is 0 Å². The third-order valence-corrected chi connectivity index (χ3v) is 7.39. The Hall–Kier alpha value is -2.76. The van der Waals surface area contributed by atoms with E-state index in [2.05, 4.69) is 79.7 Å². The van der Waals surface area contributed by atoms with Crippen molar-refractivity contribution in [1.82, 2.24) is 19.9 Å². The molecule has 0 atom stereocenters. The van der Waals surface area contributed by atoms with E-state index in [0.29, 0.717) is 5.56 Å². The number of pyridine rings is 1. The lowest BCUT2D eigenvalue weighted by Crippen LogP contribution is -2.42. The van der Waals surface area contributed by atoms with Crippen molar-refractivity contribution in [3.8, 4) is 22.6 Å². The molecule has 2 aromatic heterocycles. The molecule has 29 heavy (non-hydrogen) atoms. The van der Waals surface area contributed by atoms with E-state index in [0.717, 1.165) is 11.3 Å². The van der Waals surface area contributed by atoms with Gasteiger partial charge in [-0.2, -0.15) is 23.7 Å². The fraction of sp³-hybridized carbons (Fsp3) is 0.391. The van der Waals surface area contributed by atoms with Crippen LogP contribution in [-0.2, 0) is 10.8 Å². The summed E-state index contributed by atoms with van der Waals surface area (Å²) in [7, 11) is 0. The molecule has 3 aromatic rings. The molecular weight excluding hydrogens is 370 g/mol. The quantitative estimate of drug-likeness (QED) is 0.578. The number of hydrogen-bond acceptors (Lipinski definition) is 4. The van der Waals surface area contributed by atoms with Gasteiger partial charge in [0.2, 0.25) is 0 Å². The minimum Gasteiger partial charge on any atom is -0.255 e. The summed E-state index contributed by atoms with van der Waals surface area (Å²) in [4.78, 5) is 14.5. The number of hydrogen-bond donors (Lipinski definition) is 0. The Morgan fingerprint density at radius 3 is 1.86 bits per heavy atom. The molecule has 150 valence electrons. The van der Waals surface area contributed by atoms with Gasteiger partial charge in [0.25, 0.3) is 0 Å². The highest BCUT2D eigenvalue weighted by Crippen LogP contribution is 2.61. The van der Waals surface area contributed by atoms with E-state index in [-0.39, 0.29) is 22.1 Å². The zero-order valence-corrected chi connectivity index (χ0v) is 17.5. The van der Waals surface area contributed by atoms with Crippen molar-refractivity contribution in [1.29, 1.82) is 0 Å². The van der Waals surface area contributed by atoms with Crippen LogP contribution in [0.5, 0.6) is 0 Å². The van der Waals surface area contributed by atoms with Gasteiger partial charge in [0.1, 0.15) is 0 Å². The van der Waals surface area contributed by atoms with Crippen LogP contribution in [0.4, 0.5) is 8.78 Å². The van der Waals surface area contributed by atoms with Gasteiger partial charge in [-0.1, -0.05) is 53.7 Å². The summed E-state index contributed by atoms with van der Waals surface area (Å²) in [6.07, 6.45) is -0.777. The highest BCUT2D eigenvalue weighted by atomic mass is 19.1. The maximum Gasteiger partial charge on any atom is 0.314 e. The van der Waals surface area contributed by atoms with E-state index in [1.807, 2.05) is 6.07 Å². The summed E-state index contributed by atoms with van der Waals surface area (Å²) in [6.45, 7) is 13.9. The fourth-order valence-electron chi connectivity index (χ4n) is 4.37.